The Kier molecular flexibility index (Phi) is 2.58. The number of rotatable bonds is 2. The van der Waals surface area contributed by atoms with Crippen LogP contribution in [0.2, 0.25) is 0 Å². The van der Waals surface area contributed by atoms with E-state index in [2.05, 4.69) is 20.0 Å². The Hall–Kier alpha value is -2.39. The van der Waals surface area contributed by atoms with E-state index in [0.717, 1.165) is 0 Å². The molecule has 0 radical (unpaired) electrons. The van der Waals surface area contributed by atoms with Gasteiger partial charge < -0.3 is 0 Å². The highest BCUT2D eigenvalue weighted by atomic mass is 15.1. The second kappa shape index (κ2) is 4.21. The highest BCUT2D eigenvalue weighted by Crippen LogP contribution is 2.25. The predicted molar refractivity (Wildman–Crippen MR) is 56.3 cm³/mol. The summed E-state index contributed by atoms with van der Waals surface area (Å²) in [6.07, 6.45) is 3.31. The fraction of sp³-hybridized carbons (Fsp3) is 0. The molecule has 0 aliphatic heterocycles. The Morgan fingerprint density at radius 2 is 1.93 bits per heavy atom. The summed E-state index contributed by atoms with van der Waals surface area (Å²) in [5.41, 5.74) is 10.2. The molecular weight excluding hydrogens is 190 g/mol. The van der Waals surface area contributed by atoms with Crippen LogP contribution in [-0.4, -0.2) is 9.97 Å². The van der Waals surface area contributed by atoms with Crippen LogP contribution in [-0.2, 0) is 0 Å². The molecule has 5 heteroatoms. The minimum absolute atomic E-state index is 0.485. The highest BCUT2D eigenvalue weighted by molar-refractivity contribution is 5.68. The van der Waals surface area contributed by atoms with Gasteiger partial charge in [-0.2, -0.15) is 0 Å². The van der Waals surface area contributed by atoms with Crippen molar-refractivity contribution in [2.75, 3.05) is 0 Å². The summed E-state index contributed by atoms with van der Waals surface area (Å²) in [5.74, 6) is 0. The van der Waals surface area contributed by atoms with Crippen molar-refractivity contribution in [3.8, 4) is 11.4 Å². The van der Waals surface area contributed by atoms with Crippen LogP contribution >= 0.6 is 0 Å². The van der Waals surface area contributed by atoms with Gasteiger partial charge in [0.1, 0.15) is 0 Å². The number of hydrogen-bond donors (Lipinski definition) is 0. The van der Waals surface area contributed by atoms with Crippen LogP contribution in [0, 0.1) is 0 Å². The van der Waals surface area contributed by atoms with Gasteiger partial charge in [0.25, 0.3) is 0 Å². The van der Waals surface area contributed by atoms with Crippen LogP contribution in [0.5, 0.6) is 0 Å². The van der Waals surface area contributed by atoms with Crippen LogP contribution in [0.4, 0.5) is 5.69 Å². The number of nitrogens with zero attached hydrogens (tertiary/aromatic N) is 5. The molecule has 72 valence electrons. The zero-order chi connectivity index (χ0) is 10.5. The van der Waals surface area contributed by atoms with E-state index in [1.807, 2.05) is 18.2 Å². The lowest BCUT2D eigenvalue weighted by Gasteiger charge is -2.01. The van der Waals surface area contributed by atoms with Gasteiger partial charge in [-0.05, 0) is 29.8 Å². The third kappa shape index (κ3) is 1.92. The van der Waals surface area contributed by atoms with Gasteiger partial charge in [-0.25, -0.2) is 0 Å². The first-order valence-electron chi connectivity index (χ1n) is 4.33. The fourth-order valence-electron chi connectivity index (χ4n) is 1.23. The molecule has 0 saturated heterocycles. The van der Waals surface area contributed by atoms with E-state index in [4.69, 9.17) is 5.53 Å². The number of azide groups is 1. The monoisotopic (exact) mass is 197 g/mol. The Labute approximate surface area is 86.1 Å². The maximum Gasteiger partial charge on any atom is 0.0981 e. The van der Waals surface area contributed by atoms with Crippen LogP contribution in [0.1, 0.15) is 0 Å². The zero-order valence-corrected chi connectivity index (χ0v) is 7.78. The van der Waals surface area contributed by atoms with E-state index in [1.165, 1.54) is 0 Å². The van der Waals surface area contributed by atoms with E-state index in [-0.39, 0.29) is 0 Å². The molecule has 2 aromatic rings. The van der Waals surface area contributed by atoms with Gasteiger partial charge in [0, 0.05) is 17.3 Å². The molecule has 2 heterocycles. The quantitative estimate of drug-likeness (QED) is 0.421. The summed E-state index contributed by atoms with van der Waals surface area (Å²) in [5, 5.41) is 3.56. The van der Waals surface area contributed by atoms with Crippen molar-refractivity contribution >= 4 is 5.69 Å². The predicted octanol–water partition coefficient (Wildman–Crippen LogP) is 3.09. The maximum absolute atomic E-state index is 8.40. The molecule has 5 nitrogen and oxygen atoms in total. The Morgan fingerprint density at radius 3 is 2.67 bits per heavy atom. The minimum Gasteiger partial charge on any atom is -0.255 e. The molecule has 0 amide bonds. The first-order chi connectivity index (χ1) is 7.42. The average Bonchev–Trinajstić information content (AvgIpc) is 2.31. The van der Waals surface area contributed by atoms with Gasteiger partial charge in [-0.3, -0.25) is 9.97 Å². The van der Waals surface area contributed by atoms with Gasteiger partial charge in [0.15, 0.2) is 0 Å². The molecule has 2 rings (SSSR count). The van der Waals surface area contributed by atoms with Gasteiger partial charge in [0.2, 0.25) is 0 Å². The lowest BCUT2D eigenvalue weighted by Crippen LogP contribution is -1.85. The summed E-state index contributed by atoms with van der Waals surface area (Å²) in [6, 6.07) is 8.92. The maximum atomic E-state index is 8.40. The van der Waals surface area contributed by atoms with Crippen molar-refractivity contribution in [1.82, 2.24) is 9.97 Å². The van der Waals surface area contributed by atoms with E-state index < -0.39 is 0 Å². The van der Waals surface area contributed by atoms with Crippen LogP contribution < -0.4 is 0 Å². The standard InChI is InChI=1S/C10H7N5/c11-15-14-9-5-3-7-13-10(9)8-4-1-2-6-12-8/h1-7H. The SMILES string of the molecule is [N-]=[N+]=Nc1cccnc1-c1ccccn1. The van der Waals surface area contributed by atoms with Gasteiger partial charge in [0.05, 0.1) is 17.1 Å². The molecule has 2 aromatic heterocycles. The minimum atomic E-state index is 0.485. The zero-order valence-electron chi connectivity index (χ0n) is 7.78. The molecule has 0 aliphatic carbocycles. The van der Waals surface area contributed by atoms with E-state index >= 15 is 0 Å². The molecule has 0 fully saturated rings. The summed E-state index contributed by atoms with van der Waals surface area (Å²) in [7, 11) is 0. The smallest absolute Gasteiger partial charge is 0.0981 e. The largest absolute Gasteiger partial charge is 0.255 e. The summed E-state index contributed by atoms with van der Waals surface area (Å²) in [4.78, 5) is 11.0. The molecule has 0 atom stereocenters. The summed E-state index contributed by atoms with van der Waals surface area (Å²) in [6.45, 7) is 0. The van der Waals surface area contributed by atoms with Crippen LogP contribution in [0.25, 0.3) is 21.8 Å². The van der Waals surface area contributed by atoms with E-state index in [0.29, 0.717) is 17.1 Å². The van der Waals surface area contributed by atoms with E-state index in [1.54, 1.807) is 24.5 Å². The van der Waals surface area contributed by atoms with Gasteiger partial charge >= 0.3 is 0 Å². The second-order valence-corrected chi connectivity index (χ2v) is 2.78. The molecule has 0 aliphatic rings. The molecule has 0 bridgehead atoms. The summed E-state index contributed by atoms with van der Waals surface area (Å²) < 4.78 is 0. The van der Waals surface area contributed by atoms with Crippen molar-refractivity contribution in [1.29, 1.82) is 0 Å². The fourth-order valence-corrected chi connectivity index (χ4v) is 1.23. The first-order valence-corrected chi connectivity index (χ1v) is 4.33. The normalized spacial score (nSPS) is 9.33. The van der Waals surface area contributed by atoms with E-state index in [9.17, 15) is 0 Å². The Bertz CT molecular complexity index is 502. The third-order valence-corrected chi connectivity index (χ3v) is 1.85. The molecule has 0 spiro atoms. The van der Waals surface area contributed by atoms with Crippen molar-refractivity contribution in [2.24, 2.45) is 5.11 Å². The molecule has 0 N–H and O–H groups in total. The molecule has 0 saturated carbocycles. The number of pyridine rings is 2. The van der Waals surface area contributed by atoms with Gasteiger partial charge in [-0.1, -0.05) is 11.2 Å². The third-order valence-electron chi connectivity index (χ3n) is 1.85. The lowest BCUT2D eigenvalue weighted by molar-refractivity contribution is 1.23. The van der Waals surface area contributed by atoms with Crippen molar-refractivity contribution < 1.29 is 0 Å². The second-order valence-electron chi connectivity index (χ2n) is 2.78. The molecule has 0 aromatic carbocycles. The Balaban J connectivity index is 2.58. The van der Waals surface area contributed by atoms with Crippen molar-refractivity contribution in [3.63, 3.8) is 0 Å². The first kappa shape index (κ1) is 9.18. The molecular formula is C10H7N5. The molecule has 0 unspecified atom stereocenters. The van der Waals surface area contributed by atoms with Crippen LogP contribution in [0.15, 0.2) is 47.8 Å². The highest BCUT2D eigenvalue weighted by Gasteiger charge is 2.04. The topological polar surface area (TPSA) is 74.5 Å². The Morgan fingerprint density at radius 1 is 1.07 bits per heavy atom. The number of aromatic nitrogens is 2. The summed E-state index contributed by atoms with van der Waals surface area (Å²) >= 11 is 0. The molecule has 15 heavy (non-hydrogen) atoms. The van der Waals surface area contributed by atoms with Gasteiger partial charge in [-0.15, -0.1) is 0 Å². The number of hydrogen-bond acceptors (Lipinski definition) is 3. The average molecular weight is 197 g/mol. The lowest BCUT2D eigenvalue weighted by atomic mass is 10.2. The van der Waals surface area contributed by atoms with Crippen LogP contribution in [0.3, 0.4) is 0 Å². The van der Waals surface area contributed by atoms with Crippen molar-refractivity contribution in [3.05, 3.63) is 53.2 Å². The van der Waals surface area contributed by atoms with Crippen molar-refractivity contribution in [2.45, 2.75) is 0 Å².